The Labute approximate surface area is 312 Å². The van der Waals surface area contributed by atoms with Crippen LogP contribution in [0.1, 0.15) is 239 Å². The smallest absolute Gasteiger partial charge is 0.306 e. The van der Waals surface area contributed by atoms with Crippen LogP contribution in [0.3, 0.4) is 0 Å². The van der Waals surface area contributed by atoms with E-state index in [9.17, 15) is 9.59 Å². The Morgan fingerprint density at radius 3 is 1.24 bits per heavy atom. The summed E-state index contributed by atoms with van der Waals surface area (Å²) in [7, 11) is 0. The summed E-state index contributed by atoms with van der Waals surface area (Å²) >= 11 is 0. The van der Waals surface area contributed by atoms with Gasteiger partial charge in [0.05, 0.1) is 6.61 Å². The molecule has 1 atom stereocenters. The van der Waals surface area contributed by atoms with Gasteiger partial charge in [-0.1, -0.05) is 193 Å². The Morgan fingerprint density at radius 2 is 0.780 bits per heavy atom. The molecule has 1 unspecified atom stereocenters. The van der Waals surface area contributed by atoms with Crippen LogP contribution in [0, 0.1) is 0 Å². The van der Waals surface area contributed by atoms with E-state index in [1.165, 1.54) is 154 Å². The van der Waals surface area contributed by atoms with Gasteiger partial charge in [0.1, 0.15) is 6.61 Å². The molecule has 0 aromatic rings. The van der Waals surface area contributed by atoms with Crippen molar-refractivity contribution in [1.82, 2.24) is 0 Å². The van der Waals surface area contributed by atoms with E-state index in [1.807, 2.05) is 0 Å². The van der Waals surface area contributed by atoms with Crippen molar-refractivity contribution in [2.24, 2.45) is 0 Å². The van der Waals surface area contributed by atoms with E-state index in [0.717, 1.165) is 51.4 Å². The highest BCUT2D eigenvalue weighted by molar-refractivity contribution is 5.70. The van der Waals surface area contributed by atoms with Crippen LogP contribution < -0.4 is 0 Å². The zero-order valence-corrected chi connectivity index (χ0v) is 33.9. The Kier molecular flexibility index (Phi) is 40.9. The molecule has 0 spiro atoms. The molecule has 0 radical (unpaired) electrons. The summed E-state index contributed by atoms with van der Waals surface area (Å²) < 4.78 is 17.2. The third-order valence-electron chi connectivity index (χ3n) is 9.80. The molecule has 0 rings (SSSR count). The van der Waals surface area contributed by atoms with Gasteiger partial charge in [-0.15, -0.1) is 0 Å². The third-order valence-corrected chi connectivity index (χ3v) is 9.80. The highest BCUT2D eigenvalue weighted by Gasteiger charge is 2.17. The largest absolute Gasteiger partial charge is 0.462 e. The van der Waals surface area contributed by atoms with Gasteiger partial charge >= 0.3 is 11.9 Å². The number of carbonyl (C=O) groups excluding carboxylic acids is 2. The van der Waals surface area contributed by atoms with E-state index < -0.39 is 6.10 Å². The average Bonchev–Trinajstić information content (AvgIpc) is 3.11. The van der Waals surface area contributed by atoms with Crippen molar-refractivity contribution in [3.05, 3.63) is 12.2 Å². The van der Waals surface area contributed by atoms with Gasteiger partial charge in [-0.3, -0.25) is 9.59 Å². The van der Waals surface area contributed by atoms with Crippen molar-refractivity contribution in [1.29, 1.82) is 0 Å². The lowest BCUT2D eigenvalue weighted by atomic mass is 10.0. The van der Waals surface area contributed by atoms with Crippen LogP contribution in [0.2, 0.25) is 0 Å². The van der Waals surface area contributed by atoms with E-state index >= 15 is 0 Å². The quantitative estimate of drug-likeness (QED) is 0.0360. The number of ether oxygens (including phenoxy) is 3. The standard InChI is InChI=1S/C45H86O5/c1-4-7-10-13-15-17-19-21-22-23-25-27-29-31-34-37-40-48-41-43(50-45(47)39-36-32-12-9-6-3)42-49-44(46)38-35-33-30-28-26-24-20-18-16-14-11-8-5-2/h18,20,43H,4-17,19,21-42H2,1-3H3/b20-18-. The fourth-order valence-electron chi connectivity index (χ4n) is 6.45. The maximum Gasteiger partial charge on any atom is 0.306 e. The van der Waals surface area contributed by atoms with Crippen LogP contribution in [0.4, 0.5) is 0 Å². The molecule has 0 aliphatic heterocycles. The van der Waals surface area contributed by atoms with Gasteiger partial charge < -0.3 is 14.2 Å². The van der Waals surface area contributed by atoms with Crippen molar-refractivity contribution in [2.75, 3.05) is 19.8 Å². The van der Waals surface area contributed by atoms with E-state index in [2.05, 4.69) is 32.9 Å². The minimum Gasteiger partial charge on any atom is -0.462 e. The minimum atomic E-state index is -0.525. The number of hydrogen-bond donors (Lipinski definition) is 0. The fourth-order valence-corrected chi connectivity index (χ4v) is 6.45. The molecular formula is C45H86O5. The lowest BCUT2D eigenvalue weighted by Crippen LogP contribution is -2.30. The predicted octanol–water partition coefficient (Wildman–Crippen LogP) is 14.3. The first kappa shape index (κ1) is 48.6. The number of esters is 2. The van der Waals surface area contributed by atoms with Gasteiger partial charge in [-0.2, -0.15) is 0 Å². The van der Waals surface area contributed by atoms with Gasteiger partial charge in [0.25, 0.3) is 0 Å². The first-order valence-corrected chi connectivity index (χ1v) is 22.2. The molecule has 0 N–H and O–H groups in total. The van der Waals surface area contributed by atoms with E-state index in [1.54, 1.807) is 0 Å². The Balaban J connectivity index is 4.03. The van der Waals surface area contributed by atoms with Crippen molar-refractivity contribution < 1.29 is 23.8 Å². The summed E-state index contributed by atoms with van der Waals surface area (Å²) in [5, 5.41) is 0. The molecule has 5 nitrogen and oxygen atoms in total. The van der Waals surface area contributed by atoms with Crippen LogP contribution in [-0.2, 0) is 23.8 Å². The first-order chi connectivity index (χ1) is 24.6. The Hall–Kier alpha value is -1.36. The molecule has 0 saturated carbocycles. The molecule has 0 saturated heterocycles. The van der Waals surface area contributed by atoms with Crippen molar-refractivity contribution in [3.63, 3.8) is 0 Å². The monoisotopic (exact) mass is 707 g/mol. The summed E-state index contributed by atoms with van der Waals surface area (Å²) in [6, 6.07) is 0. The fraction of sp³-hybridized carbons (Fsp3) is 0.911. The van der Waals surface area contributed by atoms with Crippen LogP contribution in [0.5, 0.6) is 0 Å². The van der Waals surface area contributed by atoms with Crippen molar-refractivity contribution in [3.8, 4) is 0 Å². The third kappa shape index (κ3) is 39.4. The predicted molar refractivity (Wildman–Crippen MR) is 215 cm³/mol. The number of rotatable bonds is 41. The second-order valence-corrected chi connectivity index (χ2v) is 15.0. The second-order valence-electron chi connectivity index (χ2n) is 15.0. The van der Waals surface area contributed by atoms with Gasteiger partial charge in [-0.05, 0) is 44.9 Å². The normalized spacial score (nSPS) is 12.1. The zero-order chi connectivity index (χ0) is 36.4. The summed E-state index contributed by atoms with van der Waals surface area (Å²) in [4.78, 5) is 24.9. The lowest BCUT2D eigenvalue weighted by molar-refractivity contribution is -0.163. The van der Waals surface area contributed by atoms with Crippen LogP contribution >= 0.6 is 0 Å². The highest BCUT2D eigenvalue weighted by atomic mass is 16.6. The van der Waals surface area contributed by atoms with Crippen molar-refractivity contribution >= 4 is 11.9 Å². The van der Waals surface area contributed by atoms with Gasteiger partial charge in [0.15, 0.2) is 6.10 Å². The van der Waals surface area contributed by atoms with E-state index in [4.69, 9.17) is 14.2 Å². The number of unbranched alkanes of at least 4 members (excludes halogenated alkanes) is 28. The molecule has 0 aliphatic rings. The summed E-state index contributed by atoms with van der Waals surface area (Å²) in [6.07, 6.45) is 45.2. The van der Waals surface area contributed by atoms with E-state index in [-0.39, 0.29) is 18.5 Å². The zero-order valence-electron chi connectivity index (χ0n) is 33.9. The SMILES string of the molecule is CCCCCC/C=C\CCCCCCCC(=O)OCC(COCCCCCCCCCCCCCCCCCC)OC(=O)CCCCCCC. The summed E-state index contributed by atoms with van der Waals surface area (Å²) in [5.41, 5.74) is 0. The molecule has 0 aromatic carbocycles. The molecule has 0 fully saturated rings. The molecular weight excluding hydrogens is 620 g/mol. The molecule has 0 amide bonds. The topological polar surface area (TPSA) is 61.8 Å². The number of carbonyl (C=O) groups is 2. The highest BCUT2D eigenvalue weighted by Crippen LogP contribution is 2.15. The van der Waals surface area contributed by atoms with Crippen molar-refractivity contribution in [2.45, 2.75) is 245 Å². The van der Waals surface area contributed by atoms with Crippen LogP contribution in [0.25, 0.3) is 0 Å². The Morgan fingerprint density at radius 1 is 0.420 bits per heavy atom. The van der Waals surface area contributed by atoms with E-state index in [0.29, 0.717) is 26.1 Å². The first-order valence-electron chi connectivity index (χ1n) is 22.2. The summed E-state index contributed by atoms with van der Waals surface area (Å²) in [5.74, 6) is -0.408. The molecule has 50 heavy (non-hydrogen) atoms. The molecule has 0 aromatic heterocycles. The van der Waals surface area contributed by atoms with Gasteiger partial charge in [-0.25, -0.2) is 0 Å². The minimum absolute atomic E-state index is 0.0874. The molecule has 296 valence electrons. The number of allylic oxidation sites excluding steroid dienone is 2. The molecule has 0 bridgehead atoms. The lowest BCUT2D eigenvalue weighted by Gasteiger charge is -2.18. The molecule has 5 heteroatoms. The molecule has 0 aliphatic carbocycles. The summed E-state index contributed by atoms with van der Waals surface area (Å²) in [6.45, 7) is 7.77. The van der Waals surface area contributed by atoms with Crippen LogP contribution in [0.15, 0.2) is 12.2 Å². The maximum atomic E-state index is 12.5. The molecule has 0 heterocycles. The average molecular weight is 707 g/mol. The van der Waals surface area contributed by atoms with Gasteiger partial charge in [0.2, 0.25) is 0 Å². The Bertz CT molecular complexity index is 720. The number of hydrogen-bond acceptors (Lipinski definition) is 5. The second kappa shape index (κ2) is 42.1. The van der Waals surface area contributed by atoms with Gasteiger partial charge in [0, 0.05) is 19.4 Å². The van der Waals surface area contributed by atoms with Crippen LogP contribution in [-0.4, -0.2) is 37.9 Å². The maximum absolute atomic E-state index is 12.5.